The van der Waals surface area contributed by atoms with E-state index in [0.29, 0.717) is 0 Å². The van der Waals surface area contributed by atoms with Crippen LogP contribution in [0.5, 0.6) is 0 Å². The average molecular weight is 98.0 g/mol. The fraction of sp³-hybridized carbons (Fsp3) is 1.00. The minimum absolute atomic E-state index is 0.866. The van der Waals surface area contributed by atoms with Crippen molar-refractivity contribution >= 4 is 7.85 Å². The van der Waals surface area contributed by atoms with Crippen LogP contribution < -0.4 is 0 Å². The lowest BCUT2D eigenvalue weighted by molar-refractivity contribution is 0.457. The second-order valence-corrected chi connectivity index (χ2v) is 2.63. The Labute approximate surface area is 47.7 Å². The van der Waals surface area contributed by atoms with Crippen molar-refractivity contribution < 1.29 is 0 Å². The van der Waals surface area contributed by atoms with Crippen molar-refractivity contribution in [3.8, 4) is 0 Å². The van der Waals surface area contributed by atoms with E-state index in [4.69, 9.17) is 0 Å². The van der Waals surface area contributed by atoms with Crippen molar-refractivity contribution in [1.82, 2.24) is 0 Å². The van der Waals surface area contributed by atoms with E-state index in [1.54, 1.807) is 0 Å². The smallest absolute Gasteiger partial charge is 0.0783 e. The van der Waals surface area contributed by atoms with Gasteiger partial charge in [-0.3, -0.25) is 0 Å². The van der Waals surface area contributed by atoms with Crippen molar-refractivity contribution in [3.63, 3.8) is 0 Å². The number of hydrogen-bond acceptors (Lipinski definition) is 0. The van der Waals surface area contributed by atoms with Crippen LogP contribution in [0.3, 0.4) is 0 Å². The first kappa shape index (κ1) is 7.06. The summed E-state index contributed by atoms with van der Waals surface area (Å²) >= 11 is 0. The average Bonchev–Trinajstić information content (AvgIpc) is 1.65. The van der Waals surface area contributed by atoms with E-state index in [0.717, 1.165) is 11.8 Å². The predicted octanol–water partition coefficient (Wildman–Crippen LogP) is 1.33. The van der Waals surface area contributed by atoms with Crippen LogP contribution in [0.2, 0.25) is 6.32 Å². The van der Waals surface area contributed by atoms with Gasteiger partial charge in [-0.1, -0.05) is 27.1 Å². The van der Waals surface area contributed by atoms with Crippen LogP contribution in [0.15, 0.2) is 0 Å². The lowest BCUT2D eigenvalue weighted by Crippen LogP contribution is -2.01. The zero-order chi connectivity index (χ0) is 5.86. The van der Waals surface area contributed by atoms with E-state index in [9.17, 15) is 0 Å². The molecule has 1 atom stereocenters. The monoisotopic (exact) mass is 98.1 g/mol. The Hall–Kier alpha value is 0.0649. The van der Waals surface area contributed by atoms with Gasteiger partial charge in [0.1, 0.15) is 7.85 Å². The Morgan fingerprint density at radius 3 is 1.71 bits per heavy atom. The normalized spacial score (nSPS) is 14.9. The molecule has 0 fully saturated rings. The van der Waals surface area contributed by atoms with Gasteiger partial charge >= 0.3 is 0 Å². The molecule has 0 aromatic heterocycles. The Morgan fingerprint density at radius 2 is 1.71 bits per heavy atom. The third-order valence-electron chi connectivity index (χ3n) is 1.78. The Kier molecular flexibility index (Phi) is 3.15. The Morgan fingerprint density at radius 1 is 1.29 bits per heavy atom. The molecule has 0 aromatic rings. The molecule has 0 saturated heterocycles. The zero-order valence-corrected chi connectivity index (χ0v) is 5.86. The third kappa shape index (κ3) is 2.72. The second-order valence-electron chi connectivity index (χ2n) is 2.63. The number of hydrogen-bond donors (Lipinski definition) is 0. The molecule has 0 aliphatic rings. The first-order valence-electron chi connectivity index (χ1n) is 3.18. The molecule has 1 unspecified atom stereocenters. The van der Waals surface area contributed by atoms with E-state index in [1.165, 1.54) is 6.32 Å². The highest BCUT2D eigenvalue weighted by atomic mass is 14.0. The molecule has 0 heterocycles. The molecule has 0 amide bonds. The number of rotatable bonds is 2. The van der Waals surface area contributed by atoms with Gasteiger partial charge in [0.05, 0.1) is 0 Å². The Bertz CT molecular complexity index is 41.4. The SMILES string of the molecule is BCC(C)C(C)C. The highest BCUT2D eigenvalue weighted by molar-refractivity contribution is 6.08. The van der Waals surface area contributed by atoms with Crippen molar-refractivity contribution in [2.75, 3.05) is 0 Å². The lowest BCUT2D eigenvalue weighted by atomic mass is 9.85. The maximum atomic E-state index is 2.30. The molecule has 0 rings (SSSR count). The predicted molar refractivity (Wildman–Crippen MR) is 37.4 cm³/mol. The van der Waals surface area contributed by atoms with Crippen molar-refractivity contribution in [2.45, 2.75) is 27.1 Å². The van der Waals surface area contributed by atoms with Gasteiger partial charge in [0.15, 0.2) is 0 Å². The molecule has 0 radical (unpaired) electrons. The van der Waals surface area contributed by atoms with Crippen LogP contribution in [0, 0.1) is 11.8 Å². The fourth-order valence-electron chi connectivity index (χ4n) is 0.471. The molecule has 0 nitrogen and oxygen atoms in total. The standard InChI is InChI=1S/C6H15B/c1-5(2)6(3)4-7/h5-6H,4,7H2,1-3H3. The van der Waals surface area contributed by atoms with Crippen molar-refractivity contribution in [1.29, 1.82) is 0 Å². The summed E-state index contributed by atoms with van der Waals surface area (Å²) in [6, 6.07) is 0. The molecule has 1 heteroatoms. The quantitative estimate of drug-likeness (QED) is 0.457. The molecule has 0 aromatic carbocycles. The molecule has 7 heavy (non-hydrogen) atoms. The summed E-state index contributed by atoms with van der Waals surface area (Å²) < 4.78 is 0. The minimum atomic E-state index is 0.866. The van der Waals surface area contributed by atoms with Gasteiger partial charge in [-0.2, -0.15) is 0 Å². The van der Waals surface area contributed by atoms with Gasteiger partial charge in [0.25, 0.3) is 0 Å². The summed E-state index contributed by atoms with van der Waals surface area (Å²) in [5.41, 5.74) is 0. The van der Waals surface area contributed by atoms with Crippen LogP contribution in [0.1, 0.15) is 20.8 Å². The van der Waals surface area contributed by atoms with E-state index < -0.39 is 0 Å². The summed E-state index contributed by atoms with van der Waals surface area (Å²) in [7, 11) is 2.24. The van der Waals surface area contributed by atoms with Gasteiger partial charge in [0, 0.05) is 0 Å². The van der Waals surface area contributed by atoms with E-state index in [1.807, 2.05) is 0 Å². The summed E-state index contributed by atoms with van der Waals surface area (Å²) in [4.78, 5) is 0. The van der Waals surface area contributed by atoms with Crippen LogP contribution >= 0.6 is 0 Å². The topological polar surface area (TPSA) is 0 Å². The largest absolute Gasteiger partial charge is 0.101 e. The minimum Gasteiger partial charge on any atom is -0.0783 e. The molecule has 0 aliphatic carbocycles. The molecule has 42 valence electrons. The van der Waals surface area contributed by atoms with E-state index >= 15 is 0 Å². The molecule has 0 aliphatic heterocycles. The second kappa shape index (κ2) is 3.12. The molecule has 0 saturated carbocycles. The van der Waals surface area contributed by atoms with Crippen LogP contribution in [0.25, 0.3) is 0 Å². The lowest BCUT2D eigenvalue weighted by Gasteiger charge is -2.10. The summed E-state index contributed by atoms with van der Waals surface area (Å²) in [5, 5.41) is 0. The molecular weight excluding hydrogens is 82.9 g/mol. The van der Waals surface area contributed by atoms with E-state index in [2.05, 4.69) is 28.6 Å². The molecule has 0 N–H and O–H groups in total. The third-order valence-corrected chi connectivity index (χ3v) is 1.78. The van der Waals surface area contributed by atoms with Crippen molar-refractivity contribution in [2.24, 2.45) is 11.8 Å². The highest BCUT2D eigenvalue weighted by Crippen LogP contribution is 2.11. The van der Waals surface area contributed by atoms with Gasteiger partial charge in [-0.25, -0.2) is 0 Å². The first-order chi connectivity index (χ1) is 3.18. The molecule has 0 bridgehead atoms. The summed E-state index contributed by atoms with van der Waals surface area (Å²) in [5.74, 6) is 1.77. The van der Waals surface area contributed by atoms with Crippen LogP contribution in [-0.4, -0.2) is 7.85 Å². The molecule has 0 spiro atoms. The summed E-state index contributed by atoms with van der Waals surface area (Å²) in [6.45, 7) is 6.84. The van der Waals surface area contributed by atoms with E-state index in [-0.39, 0.29) is 0 Å². The van der Waals surface area contributed by atoms with Gasteiger partial charge in [0.2, 0.25) is 0 Å². The van der Waals surface area contributed by atoms with Gasteiger partial charge in [-0.05, 0) is 11.8 Å². The highest BCUT2D eigenvalue weighted by Gasteiger charge is 2.01. The van der Waals surface area contributed by atoms with Gasteiger partial charge in [-0.15, -0.1) is 0 Å². The maximum absolute atomic E-state index is 2.30. The van der Waals surface area contributed by atoms with Crippen LogP contribution in [-0.2, 0) is 0 Å². The zero-order valence-electron chi connectivity index (χ0n) is 5.86. The summed E-state index contributed by atoms with van der Waals surface area (Å²) in [6.07, 6.45) is 1.32. The maximum Gasteiger partial charge on any atom is 0.101 e. The Balaban J connectivity index is 3.14. The molecular formula is C6H15B. The van der Waals surface area contributed by atoms with Gasteiger partial charge < -0.3 is 0 Å². The first-order valence-corrected chi connectivity index (χ1v) is 3.18. The van der Waals surface area contributed by atoms with Crippen molar-refractivity contribution in [3.05, 3.63) is 0 Å². The fourth-order valence-corrected chi connectivity index (χ4v) is 0.471. The van der Waals surface area contributed by atoms with Crippen LogP contribution in [0.4, 0.5) is 0 Å².